The van der Waals surface area contributed by atoms with E-state index in [0.29, 0.717) is 11.3 Å². The Labute approximate surface area is 115 Å². The van der Waals surface area contributed by atoms with E-state index in [4.69, 9.17) is 5.11 Å². The summed E-state index contributed by atoms with van der Waals surface area (Å²) in [5.74, 6) is 0.0295. The highest BCUT2D eigenvalue weighted by atomic mass is 32.2. The van der Waals surface area contributed by atoms with Gasteiger partial charge in [-0.15, -0.1) is 11.8 Å². The summed E-state index contributed by atoms with van der Waals surface area (Å²) in [4.78, 5) is 12.0. The Kier molecular flexibility index (Phi) is 4.12. The van der Waals surface area contributed by atoms with Crippen LogP contribution in [0.2, 0.25) is 0 Å². The van der Waals surface area contributed by atoms with Gasteiger partial charge >= 0.3 is 5.97 Å². The van der Waals surface area contributed by atoms with Crippen LogP contribution in [-0.2, 0) is 5.75 Å². The molecule has 0 aromatic heterocycles. The number of aryl methyl sites for hydroxylation is 1. The number of thioether (sulfide) groups is 1. The van der Waals surface area contributed by atoms with Crippen LogP contribution in [0.15, 0.2) is 47.4 Å². The van der Waals surface area contributed by atoms with Crippen molar-refractivity contribution in [3.8, 4) is 5.75 Å². The van der Waals surface area contributed by atoms with Gasteiger partial charge in [0, 0.05) is 10.6 Å². The van der Waals surface area contributed by atoms with Crippen molar-refractivity contribution in [2.24, 2.45) is 0 Å². The van der Waals surface area contributed by atoms with Crippen LogP contribution >= 0.6 is 11.8 Å². The molecule has 0 aliphatic heterocycles. The van der Waals surface area contributed by atoms with Gasteiger partial charge in [-0.1, -0.05) is 18.2 Å². The van der Waals surface area contributed by atoms with Gasteiger partial charge in [-0.05, 0) is 42.3 Å². The molecule has 0 amide bonds. The molecule has 2 aromatic rings. The maximum Gasteiger partial charge on any atom is 0.335 e. The van der Waals surface area contributed by atoms with E-state index >= 15 is 0 Å². The first-order valence-corrected chi connectivity index (χ1v) is 6.79. The lowest BCUT2D eigenvalue weighted by Crippen LogP contribution is -1.99. The Morgan fingerprint density at radius 1 is 1.21 bits per heavy atom. The normalized spacial score (nSPS) is 10.4. The van der Waals surface area contributed by atoms with E-state index in [2.05, 4.69) is 0 Å². The molecule has 0 bridgehead atoms. The average Bonchev–Trinajstić information content (AvgIpc) is 2.37. The van der Waals surface area contributed by atoms with Gasteiger partial charge in [0.1, 0.15) is 5.75 Å². The minimum absolute atomic E-state index is 0.244. The molecule has 0 saturated heterocycles. The number of phenolic OH excluding ortho intramolecular Hbond substituents is 1. The topological polar surface area (TPSA) is 57.5 Å². The quantitative estimate of drug-likeness (QED) is 0.835. The van der Waals surface area contributed by atoms with Crippen molar-refractivity contribution < 1.29 is 15.0 Å². The van der Waals surface area contributed by atoms with Crippen LogP contribution in [0.3, 0.4) is 0 Å². The zero-order chi connectivity index (χ0) is 13.8. The highest BCUT2D eigenvalue weighted by Crippen LogP contribution is 2.26. The van der Waals surface area contributed by atoms with Gasteiger partial charge in [0.05, 0.1) is 5.56 Å². The third-order valence-electron chi connectivity index (χ3n) is 2.76. The molecule has 0 atom stereocenters. The van der Waals surface area contributed by atoms with Crippen molar-refractivity contribution in [2.75, 3.05) is 0 Å². The molecule has 19 heavy (non-hydrogen) atoms. The second-order valence-corrected chi connectivity index (χ2v) is 5.29. The number of aromatic hydroxyl groups is 1. The van der Waals surface area contributed by atoms with Gasteiger partial charge in [0.15, 0.2) is 0 Å². The Morgan fingerprint density at radius 2 is 2.00 bits per heavy atom. The minimum Gasteiger partial charge on any atom is -0.508 e. The molecule has 3 nitrogen and oxygen atoms in total. The summed E-state index contributed by atoms with van der Waals surface area (Å²) in [6.45, 7) is 1.78. The van der Waals surface area contributed by atoms with Crippen molar-refractivity contribution in [1.82, 2.24) is 0 Å². The Bertz CT molecular complexity index is 608. The SMILES string of the molecule is Cc1ccc(SCc2cccc(O)c2)cc1C(=O)O. The second kappa shape index (κ2) is 5.80. The molecular weight excluding hydrogens is 260 g/mol. The number of phenols is 1. The van der Waals surface area contributed by atoms with Crippen molar-refractivity contribution in [3.63, 3.8) is 0 Å². The summed E-state index contributed by atoms with van der Waals surface area (Å²) < 4.78 is 0. The summed E-state index contributed by atoms with van der Waals surface area (Å²) in [5.41, 5.74) is 2.09. The summed E-state index contributed by atoms with van der Waals surface area (Å²) in [6.07, 6.45) is 0. The number of carboxylic acids is 1. The summed E-state index contributed by atoms with van der Waals surface area (Å²) >= 11 is 1.55. The van der Waals surface area contributed by atoms with Crippen LogP contribution in [0, 0.1) is 6.92 Å². The van der Waals surface area contributed by atoms with Gasteiger partial charge in [0.25, 0.3) is 0 Å². The number of benzene rings is 2. The van der Waals surface area contributed by atoms with E-state index in [9.17, 15) is 9.90 Å². The lowest BCUT2D eigenvalue weighted by molar-refractivity contribution is 0.0696. The molecule has 2 N–H and O–H groups in total. The summed E-state index contributed by atoms with van der Waals surface area (Å²) in [7, 11) is 0. The molecule has 0 aliphatic rings. The van der Waals surface area contributed by atoms with E-state index in [1.807, 2.05) is 18.2 Å². The molecule has 0 spiro atoms. The van der Waals surface area contributed by atoms with Crippen LogP contribution in [0.4, 0.5) is 0 Å². The first-order valence-electron chi connectivity index (χ1n) is 5.81. The van der Waals surface area contributed by atoms with Crippen LogP contribution in [0.25, 0.3) is 0 Å². The molecule has 0 unspecified atom stereocenters. The number of carbonyl (C=O) groups is 1. The molecule has 0 saturated carbocycles. The van der Waals surface area contributed by atoms with Crippen LogP contribution in [0.5, 0.6) is 5.75 Å². The molecule has 4 heteroatoms. The predicted octanol–water partition coefficient (Wildman–Crippen LogP) is 3.69. The summed E-state index contributed by atoms with van der Waals surface area (Å²) in [5, 5.41) is 18.4. The van der Waals surface area contributed by atoms with Crippen molar-refractivity contribution in [2.45, 2.75) is 17.6 Å². The Morgan fingerprint density at radius 3 is 2.68 bits per heavy atom. The number of rotatable bonds is 4. The van der Waals surface area contributed by atoms with E-state index in [-0.39, 0.29) is 5.75 Å². The minimum atomic E-state index is -0.905. The van der Waals surface area contributed by atoms with E-state index in [0.717, 1.165) is 16.0 Å². The molecule has 0 radical (unpaired) electrons. The van der Waals surface area contributed by atoms with Gasteiger partial charge in [0.2, 0.25) is 0 Å². The molecule has 0 fully saturated rings. The molecule has 98 valence electrons. The van der Waals surface area contributed by atoms with Gasteiger partial charge in [-0.2, -0.15) is 0 Å². The third-order valence-corrected chi connectivity index (χ3v) is 3.82. The lowest BCUT2D eigenvalue weighted by Gasteiger charge is -2.06. The number of carboxylic acid groups (broad SMARTS) is 1. The molecule has 2 aromatic carbocycles. The Balaban J connectivity index is 2.12. The maximum atomic E-state index is 11.1. The lowest BCUT2D eigenvalue weighted by atomic mass is 10.1. The monoisotopic (exact) mass is 274 g/mol. The fourth-order valence-corrected chi connectivity index (χ4v) is 2.61. The number of hydrogen-bond donors (Lipinski definition) is 2. The summed E-state index contributed by atoms with van der Waals surface area (Å²) in [6, 6.07) is 12.5. The maximum absolute atomic E-state index is 11.1. The first-order chi connectivity index (χ1) is 9.06. The molecule has 0 aliphatic carbocycles. The van der Waals surface area contributed by atoms with Gasteiger partial charge < -0.3 is 10.2 Å². The first kappa shape index (κ1) is 13.5. The predicted molar refractivity (Wildman–Crippen MR) is 75.8 cm³/mol. The smallest absolute Gasteiger partial charge is 0.335 e. The van der Waals surface area contributed by atoms with Gasteiger partial charge in [-0.25, -0.2) is 4.79 Å². The van der Waals surface area contributed by atoms with Crippen molar-refractivity contribution >= 4 is 17.7 Å². The third kappa shape index (κ3) is 3.51. The average molecular weight is 274 g/mol. The van der Waals surface area contributed by atoms with E-state index in [1.54, 1.807) is 43.0 Å². The van der Waals surface area contributed by atoms with Crippen LogP contribution in [-0.4, -0.2) is 16.2 Å². The largest absolute Gasteiger partial charge is 0.508 e. The number of hydrogen-bond acceptors (Lipinski definition) is 3. The standard InChI is InChI=1S/C15H14O3S/c1-10-5-6-13(8-14(10)15(17)18)19-9-11-3-2-4-12(16)7-11/h2-8,16H,9H2,1H3,(H,17,18). The van der Waals surface area contributed by atoms with Gasteiger partial charge in [-0.3, -0.25) is 0 Å². The second-order valence-electron chi connectivity index (χ2n) is 4.24. The van der Waals surface area contributed by atoms with Crippen LogP contribution in [0.1, 0.15) is 21.5 Å². The molecule has 2 rings (SSSR count). The van der Waals surface area contributed by atoms with Crippen molar-refractivity contribution in [1.29, 1.82) is 0 Å². The molecular formula is C15H14O3S. The van der Waals surface area contributed by atoms with E-state index in [1.165, 1.54) is 0 Å². The van der Waals surface area contributed by atoms with Crippen LogP contribution < -0.4 is 0 Å². The number of aromatic carboxylic acids is 1. The highest BCUT2D eigenvalue weighted by molar-refractivity contribution is 7.98. The van der Waals surface area contributed by atoms with E-state index < -0.39 is 5.97 Å². The zero-order valence-electron chi connectivity index (χ0n) is 10.5. The Hall–Kier alpha value is -1.94. The zero-order valence-corrected chi connectivity index (χ0v) is 11.3. The highest BCUT2D eigenvalue weighted by Gasteiger charge is 2.08. The van der Waals surface area contributed by atoms with Crippen molar-refractivity contribution in [3.05, 3.63) is 59.2 Å². The fraction of sp³-hybridized carbons (Fsp3) is 0.133. The molecule has 0 heterocycles. The fourth-order valence-electron chi connectivity index (χ4n) is 1.73.